The quantitative estimate of drug-likeness (QED) is 0.889. The van der Waals surface area contributed by atoms with Crippen LogP contribution in [0.15, 0.2) is 41.9 Å². The Morgan fingerprint density at radius 1 is 1.13 bits per heavy atom. The van der Waals surface area contributed by atoms with Crippen LogP contribution in [-0.4, -0.2) is 4.98 Å². The van der Waals surface area contributed by atoms with Gasteiger partial charge in [-0.1, -0.05) is 12.1 Å². The van der Waals surface area contributed by atoms with Crippen LogP contribution >= 0.6 is 23.7 Å². The first-order valence-corrected chi connectivity index (χ1v) is 5.46. The summed E-state index contributed by atoms with van der Waals surface area (Å²) in [6.07, 6.45) is 1.82. The smallest absolute Gasteiger partial charge is 0.0541 e. The first-order valence-electron chi connectivity index (χ1n) is 4.58. The Labute approximate surface area is 99.8 Å². The molecule has 0 unspecified atom stereocenters. The normalized spacial score (nSPS) is 9.60. The molecule has 0 spiro atoms. The lowest BCUT2D eigenvalue weighted by Gasteiger charge is -2.01. The second-order valence-corrected chi connectivity index (χ2v) is 4.04. The van der Waals surface area contributed by atoms with Gasteiger partial charge in [-0.3, -0.25) is 4.98 Å². The van der Waals surface area contributed by atoms with E-state index in [-0.39, 0.29) is 12.4 Å². The van der Waals surface area contributed by atoms with E-state index < -0.39 is 0 Å². The van der Waals surface area contributed by atoms with Gasteiger partial charge in [0.1, 0.15) is 0 Å². The zero-order valence-corrected chi connectivity index (χ0v) is 9.85. The lowest BCUT2D eigenvalue weighted by atomic mass is 10.3. The number of rotatable bonds is 4. The van der Waals surface area contributed by atoms with Crippen LogP contribution in [0.5, 0.6) is 0 Å². The van der Waals surface area contributed by atoms with Crippen molar-refractivity contribution in [2.75, 3.05) is 0 Å². The van der Waals surface area contributed by atoms with Crippen molar-refractivity contribution in [3.63, 3.8) is 0 Å². The highest BCUT2D eigenvalue weighted by atomic mass is 35.5. The summed E-state index contributed by atoms with van der Waals surface area (Å²) in [5, 5.41) is 5.45. The summed E-state index contributed by atoms with van der Waals surface area (Å²) in [5.41, 5.74) is 1.09. The van der Waals surface area contributed by atoms with Gasteiger partial charge in [-0.25, -0.2) is 0 Å². The minimum Gasteiger partial charge on any atom is -0.306 e. The van der Waals surface area contributed by atoms with Crippen molar-refractivity contribution in [1.82, 2.24) is 10.3 Å². The molecule has 0 aliphatic rings. The second kappa shape index (κ2) is 6.56. The Kier molecular flexibility index (Phi) is 5.32. The number of thiophene rings is 1. The van der Waals surface area contributed by atoms with E-state index in [9.17, 15) is 0 Å². The number of halogens is 1. The van der Waals surface area contributed by atoms with Gasteiger partial charge in [0.2, 0.25) is 0 Å². The highest BCUT2D eigenvalue weighted by Gasteiger charge is 1.94. The molecule has 1 N–H and O–H groups in total. The van der Waals surface area contributed by atoms with E-state index in [0.717, 1.165) is 18.8 Å². The van der Waals surface area contributed by atoms with Gasteiger partial charge in [0.15, 0.2) is 0 Å². The highest BCUT2D eigenvalue weighted by molar-refractivity contribution is 7.09. The molecule has 2 heterocycles. The predicted octanol–water partition coefficient (Wildman–Crippen LogP) is 2.85. The summed E-state index contributed by atoms with van der Waals surface area (Å²) >= 11 is 1.78. The van der Waals surface area contributed by atoms with E-state index >= 15 is 0 Å². The number of hydrogen-bond acceptors (Lipinski definition) is 3. The average Bonchev–Trinajstić information content (AvgIpc) is 2.72. The number of nitrogens with one attached hydrogen (secondary N) is 1. The molecule has 15 heavy (non-hydrogen) atoms. The Morgan fingerprint density at radius 3 is 2.73 bits per heavy atom. The van der Waals surface area contributed by atoms with Crippen LogP contribution in [0.1, 0.15) is 10.6 Å². The van der Waals surface area contributed by atoms with E-state index in [1.807, 2.05) is 24.4 Å². The molecule has 0 atom stereocenters. The SMILES string of the molecule is Cl.c1ccc(CNCc2cccs2)nc1. The van der Waals surface area contributed by atoms with Gasteiger partial charge >= 0.3 is 0 Å². The molecule has 0 bridgehead atoms. The average molecular weight is 241 g/mol. The summed E-state index contributed by atoms with van der Waals surface area (Å²) < 4.78 is 0. The standard InChI is InChI=1S/C11H12N2S.ClH/c1-2-6-13-10(4-1)8-12-9-11-5-3-7-14-11;/h1-7,12H,8-9H2;1H. The van der Waals surface area contributed by atoms with Gasteiger partial charge in [-0.2, -0.15) is 0 Å². The molecule has 2 nitrogen and oxygen atoms in total. The van der Waals surface area contributed by atoms with E-state index in [0.29, 0.717) is 0 Å². The van der Waals surface area contributed by atoms with Gasteiger partial charge in [-0.05, 0) is 23.6 Å². The third-order valence-electron chi connectivity index (χ3n) is 1.91. The van der Waals surface area contributed by atoms with E-state index in [1.165, 1.54) is 4.88 Å². The lowest BCUT2D eigenvalue weighted by Crippen LogP contribution is -2.12. The van der Waals surface area contributed by atoms with Crippen LogP contribution in [-0.2, 0) is 13.1 Å². The third kappa shape index (κ3) is 4.00. The molecule has 0 saturated heterocycles. The van der Waals surface area contributed by atoms with E-state index in [2.05, 4.69) is 27.8 Å². The fraction of sp³-hybridized carbons (Fsp3) is 0.182. The van der Waals surface area contributed by atoms with Gasteiger partial charge < -0.3 is 5.32 Å². The van der Waals surface area contributed by atoms with Gasteiger partial charge in [0.25, 0.3) is 0 Å². The molecule has 80 valence electrons. The molecular weight excluding hydrogens is 228 g/mol. The first-order chi connectivity index (χ1) is 6.95. The van der Waals surface area contributed by atoms with Crippen LogP contribution < -0.4 is 5.32 Å². The number of pyridine rings is 1. The van der Waals surface area contributed by atoms with Crippen LogP contribution in [0, 0.1) is 0 Å². The van der Waals surface area contributed by atoms with Crippen LogP contribution in [0.2, 0.25) is 0 Å². The Morgan fingerprint density at radius 2 is 2.07 bits per heavy atom. The van der Waals surface area contributed by atoms with Gasteiger partial charge in [0.05, 0.1) is 5.69 Å². The molecule has 0 aromatic carbocycles. The number of aromatic nitrogens is 1. The van der Waals surface area contributed by atoms with Crippen molar-refractivity contribution in [2.45, 2.75) is 13.1 Å². The minimum absolute atomic E-state index is 0. The van der Waals surface area contributed by atoms with Crippen LogP contribution in [0.25, 0.3) is 0 Å². The molecule has 0 aliphatic heterocycles. The van der Waals surface area contributed by atoms with Crippen molar-refractivity contribution >= 4 is 23.7 Å². The summed E-state index contributed by atoms with van der Waals surface area (Å²) in [5.74, 6) is 0. The highest BCUT2D eigenvalue weighted by Crippen LogP contribution is 2.07. The molecular formula is C11H13ClN2S. The number of hydrogen-bond donors (Lipinski definition) is 1. The predicted molar refractivity (Wildman–Crippen MR) is 66.3 cm³/mol. The number of nitrogens with zero attached hydrogens (tertiary/aromatic N) is 1. The van der Waals surface area contributed by atoms with Crippen molar-refractivity contribution in [3.8, 4) is 0 Å². The molecule has 0 aliphatic carbocycles. The van der Waals surface area contributed by atoms with Gasteiger partial charge in [-0.15, -0.1) is 23.7 Å². The monoisotopic (exact) mass is 240 g/mol. The van der Waals surface area contributed by atoms with Crippen molar-refractivity contribution in [1.29, 1.82) is 0 Å². The summed E-state index contributed by atoms with van der Waals surface area (Å²) in [6, 6.07) is 10.2. The molecule has 0 radical (unpaired) electrons. The molecule has 2 rings (SSSR count). The van der Waals surface area contributed by atoms with Crippen LogP contribution in [0.4, 0.5) is 0 Å². The lowest BCUT2D eigenvalue weighted by molar-refractivity contribution is 0.686. The molecule has 0 saturated carbocycles. The summed E-state index contributed by atoms with van der Waals surface area (Å²) in [6.45, 7) is 1.76. The van der Waals surface area contributed by atoms with Crippen LogP contribution in [0.3, 0.4) is 0 Å². The molecule has 2 aromatic rings. The maximum absolute atomic E-state index is 4.24. The third-order valence-corrected chi connectivity index (χ3v) is 2.79. The van der Waals surface area contributed by atoms with E-state index in [4.69, 9.17) is 0 Å². The molecule has 0 amide bonds. The van der Waals surface area contributed by atoms with Gasteiger partial charge in [0, 0.05) is 24.2 Å². The summed E-state index contributed by atoms with van der Waals surface area (Å²) in [4.78, 5) is 5.60. The Bertz CT molecular complexity index is 361. The Hall–Kier alpha value is -0.900. The zero-order valence-electron chi connectivity index (χ0n) is 8.22. The minimum atomic E-state index is 0. The molecule has 4 heteroatoms. The molecule has 2 aromatic heterocycles. The van der Waals surface area contributed by atoms with Crippen molar-refractivity contribution < 1.29 is 0 Å². The topological polar surface area (TPSA) is 24.9 Å². The van der Waals surface area contributed by atoms with E-state index in [1.54, 1.807) is 11.3 Å². The largest absolute Gasteiger partial charge is 0.306 e. The maximum atomic E-state index is 4.24. The fourth-order valence-corrected chi connectivity index (χ4v) is 1.90. The first kappa shape index (κ1) is 12.2. The molecule has 0 fully saturated rings. The maximum Gasteiger partial charge on any atom is 0.0541 e. The Balaban J connectivity index is 0.00000112. The summed E-state index contributed by atoms with van der Waals surface area (Å²) in [7, 11) is 0. The van der Waals surface area contributed by atoms with Crippen molar-refractivity contribution in [2.24, 2.45) is 0 Å². The second-order valence-electron chi connectivity index (χ2n) is 3.00. The fourth-order valence-electron chi connectivity index (χ4n) is 1.23. The zero-order chi connectivity index (χ0) is 9.64. The van der Waals surface area contributed by atoms with Crippen molar-refractivity contribution in [3.05, 3.63) is 52.5 Å².